The van der Waals surface area contributed by atoms with Gasteiger partial charge in [0.05, 0.1) is 0 Å². The topological polar surface area (TPSA) is 74.5 Å². The van der Waals surface area contributed by atoms with Gasteiger partial charge in [-0.25, -0.2) is 4.79 Å². The molecule has 0 aliphatic carbocycles. The molecule has 1 heterocycles. The molecular weight excluding hydrogens is 426 g/mol. The highest BCUT2D eigenvalue weighted by molar-refractivity contribution is 9.10. The normalized spacial score (nSPS) is 11.1. The van der Waals surface area contributed by atoms with Gasteiger partial charge in [0, 0.05) is 21.7 Å². The molecule has 0 radical (unpaired) electrons. The number of esters is 1. The van der Waals surface area contributed by atoms with Crippen molar-refractivity contribution >= 4 is 28.0 Å². The molecule has 0 spiro atoms. The molecule has 1 aromatic heterocycles. The van der Waals surface area contributed by atoms with Crippen molar-refractivity contribution in [3.63, 3.8) is 0 Å². The molecule has 0 saturated heterocycles. The molecule has 27 heavy (non-hydrogen) atoms. The van der Waals surface area contributed by atoms with E-state index in [-0.39, 0.29) is 5.75 Å². The molecular formula is C18H11BrF2N2O4. The molecule has 3 aromatic rings. The zero-order chi connectivity index (χ0) is 19.2. The lowest BCUT2D eigenvalue weighted by atomic mass is 10.2. The van der Waals surface area contributed by atoms with Gasteiger partial charge in [-0.1, -0.05) is 15.9 Å². The Balaban J connectivity index is 1.68. The van der Waals surface area contributed by atoms with Crippen molar-refractivity contribution in [3.05, 3.63) is 65.0 Å². The number of carbonyl (C=O) groups is 1. The van der Waals surface area contributed by atoms with Crippen LogP contribution in [0.15, 0.2) is 63.8 Å². The summed E-state index contributed by atoms with van der Waals surface area (Å²) in [5.74, 6) is -0.0927. The molecule has 0 fully saturated rings. The standard InChI is InChI=1S/C18H11BrF2N2O4/c19-13-4-7-15(27-18(20)21)12(9-13)3-8-16(24)26-14-5-1-11(2-6-14)17-23-22-10-25-17/h1-10,18H. The highest BCUT2D eigenvalue weighted by Gasteiger charge is 2.10. The van der Waals surface area contributed by atoms with Crippen molar-refractivity contribution < 1.29 is 27.5 Å². The quantitative estimate of drug-likeness (QED) is 0.316. The fourth-order valence-electron chi connectivity index (χ4n) is 2.13. The van der Waals surface area contributed by atoms with Crippen LogP contribution in [0.5, 0.6) is 11.5 Å². The molecule has 138 valence electrons. The molecule has 0 saturated carbocycles. The summed E-state index contributed by atoms with van der Waals surface area (Å²) in [5.41, 5.74) is 0.971. The predicted octanol–water partition coefficient (Wildman–Crippen LogP) is 4.72. The van der Waals surface area contributed by atoms with E-state index in [1.165, 1.54) is 18.5 Å². The molecule has 0 aliphatic rings. The van der Waals surface area contributed by atoms with Gasteiger partial charge in [0.2, 0.25) is 12.3 Å². The summed E-state index contributed by atoms with van der Waals surface area (Å²) >= 11 is 3.24. The Kier molecular flexibility index (Phi) is 5.92. The van der Waals surface area contributed by atoms with Gasteiger partial charge in [-0.05, 0) is 48.5 Å². The summed E-state index contributed by atoms with van der Waals surface area (Å²) in [6.07, 6.45) is 3.66. The summed E-state index contributed by atoms with van der Waals surface area (Å²) in [7, 11) is 0. The minimum atomic E-state index is -2.97. The van der Waals surface area contributed by atoms with Crippen LogP contribution in [-0.4, -0.2) is 22.8 Å². The molecule has 0 N–H and O–H groups in total. The Hall–Kier alpha value is -3.07. The lowest BCUT2D eigenvalue weighted by Gasteiger charge is -2.08. The average molecular weight is 437 g/mol. The highest BCUT2D eigenvalue weighted by atomic mass is 79.9. The lowest BCUT2D eigenvalue weighted by Crippen LogP contribution is -2.05. The number of nitrogens with zero attached hydrogens (tertiary/aromatic N) is 2. The maximum atomic E-state index is 12.5. The van der Waals surface area contributed by atoms with Crippen LogP contribution in [0, 0.1) is 0 Å². The van der Waals surface area contributed by atoms with E-state index in [1.54, 1.807) is 36.4 Å². The van der Waals surface area contributed by atoms with Gasteiger partial charge < -0.3 is 13.9 Å². The fourth-order valence-corrected chi connectivity index (χ4v) is 2.50. The minimum Gasteiger partial charge on any atom is -0.434 e. The number of hydrogen-bond donors (Lipinski definition) is 0. The number of halogens is 3. The molecule has 0 atom stereocenters. The highest BCUT2D eigenvalue weighted by Crippen LogP contribution is 2.26. The monoisotopic (exact) mass is 436 g/mol. The van der Waals surface area contributed by atoms with Crippen molar-refractivity contribution in [1.29, 1.82) is 0 Å². The Morgan fingerprint density at radius 3 is 2.63 bits per heavy atom. The number of carbonyl (C=O) groups excluding carboxylic acids is 1. The number of benzene rings is 2. The first-order valence-corrected chi connectivity index (χ1v) is 8.31. The SMILES string of the molecule is O=C(C=Cc1cc(Br)ccc1OC(F)F)Oc1ccc(-c2nnco2)cc1. The Bertz CT molecular complexity index is 945. The Morgan fingerprint density at radius 2 is 1.96 bits per heavy atom. The number of hydrogen-bond acceptors (Lipinski definition) is 6. The van der Waals surface area contributed by atoms with Gasteiger partial charge >= 0.3 is 12.6 Å². The van der Waals surface area contributed by atoms with E-state index in [9.17, 15) is 13.6 Å². The summed E-state index contributed by atoms with van der Waals surface area (Å²) in [6, 6.07) is 10.9. The van der Waals surface area contributed by atoms with Gasteiger partial charge in [-0.15, -0.1) is 10.2 Å². The van der Waals surface area contributed by atoms with Gasteiger partial charge in [0.15, 0.2) is 0 Å². The van der Waals surface area contributed by atoms with E-state index in [2.05, 4.69) is 30.9 Å². The summed E-state index contributed by atoms with van der Waals surface area (Å²) in [6.45, 7) is -2.97. The molecule has 0 bridgehead atoms. The van der Waals surface area contributed by atoms with Crippen molar-refractivity contribution in [2.75, 3.05) is 0 Å². The van der Waals surface area contributed by atoms with Gasteiger partial charge in [-0.2, -0.15) is 8.78 Å². The number of ether oxygens (including phenoxy) is 2. The Labute approximate surface area is 160 Å². The van der Waals surface area contributed by atoms with Crippen molar-refractivity contribution in [2.45, 2.75) is 6.61 Å². The van der Waals surface area contributed by atoms with Gasteiger partial charge in [0.1, 0.15) is 11.5 Å². The van der Waals surface area contributed by atoms with Crippen LogP contribution >= 0.6 is 15.9 Å². The first-order valence-electron chi connectivity index (χ1n) is 7.52. The molecule has 0 aliphatic heterocycles. The second kappa shape index (κ2) is 8.54. The van der Waals surface area contributed by atoms with E-state index in [1.807, 2.05) is 0 Å². The first-order chi connectivity index (χ1) is 13.0. The van der Waals surface area contributed by atoms with Crippen LogP contribution in [0.4, 0.5) is 8.78 Å². The van der Waals surface area contributed by atoms with Crippen LogP contribution in [0.25, 0.3) is 17.5 Å². The van der Waals surface area contributed by atoms with E-state index in [0.29, 0.717) is 27.2 Å². The number of rotatable bonds is 6. The van der Waals surface area contributed by atoms with Crippen molar-refractivity contribution in [3.8, 4) is 23.0 Å². The second-order valence-corrected chi connectivity index (χ2v) is 6.00. The number of aromatic nitrogens is 2. The van der Waals surface area contributed by atoms with Crippen LogP contribution in [0.1, 0.15) is 5.56 Å². The summed E-state index contributed by atoms with van der Waals surface area (Å²) in [5, 5.41) is 7.35. The maximum Gasteiger partial charge on any atom is 0.387 e. The van der Waals surface area contributed by atoms with E-state index in [4.69, 9.17) is 9.15 Å². The van der Waals surface area contributed by atoms with Crippen LogP contribution in [-0.2, 0) is 4.79 Å². The second-order valence-electron chi connectivity index (χ2n) is 5.08. The van der Waals surface area contributed by atoms with Gasteiger partial charge in [-0.3, -0.25) is 0 Å². The van der Waals surface area contributed by atoms with Gasteiger partial charge in [0.25, 0.3) is 0 Å². The zero-order valence-electron chi connectivity index (χ0n) is 13.5. The van der Waals surface area contributed by atoms with Crippen LogP contribution in [0.2, 0.25) is 0 Å². The summed E-state index contributed by atoms with van der Waals surface area (Å²) in [4.78, 5) is 12.0. The zero-order valence-corrected chi connectivity index (χ0v) is 15.1. The van der Waals surface area contributed by atoms with Crippen molar-refractivity contribution in [2.24, 2.45) is 0 Å². The molecule has 6 nitrogen and oxygen atoms in total. The van der Waals surface area contributed by atoms with Crippen LogP contribution in [0.3, 0.4) is 0 Å². The summed E-state index contributed by atoms with van der Waals surface area (Å²) < 4.78 is 40.2. The smallest absolute Gasteiger partial charge is 0.387 e. The van der Waals surface area contributed by atoms with Crippen molar-refractivity contribution in [1.82, 2.24) is 10.2 Å². The maximum absolute atomic E-state index is 12.5. The molecule has 9 heteroatoms. The third kappa shape index (κ3) is 5.20. The Morgan fingerprint density at radius 1 is 1.19 bits per heavy atom. The lowest BCUT2D eigenvalue weighted by molar-refractivity contribution is -0.128. The van der Waals surface area contributed by atoms with E-state index >= 15 is 0 Å². The predicted molar refractivity (Wildman–Crippen MR) is 95.2 cm³/mol. The van der Waals surface area contributed by atoms with E-state index in [0.717, 1.165) is 6.08 Å². The van der Waals surface area contributed by atoms with E-state index < -0.39 is 12.6 Å². The minimum absolute atomic E-state index is 0.0545. The first kappa shape index (κ1) is 18.7. The number of alkyl halides is 2. The molecule has 0 unspecified atom stereocenters. The average Bonchev–Trinajstić information content (AvgIpc) is 3.17. The third-order valence-electron chi connectivity index (χ3n) is 3.27. The molecule has 2 aromatic carbocycles. The molecule has 0 amide bonds. The van der Waals surface area contributed by atoms with Crippen LogP contribution < -0.4 is 9.47 Å². The largest absolute Gasteiger partial charge is 0.434 e. The fraction of sp³-hybridized carbons (Fsp3) is 0.0556. The third-order valence-corrected chi connectivity index (χ3v) is 3.76. The molecule has 3 rings (SSSR count).